The van der Waals surface area contributed by atoms with Crippen LogP contribution in [0.15, 0.2) is 18.2 Å². The zero-order valence-electron chi connectivity index (χ0n) is 7.49. The Morgan fingerprint density at radius 3 is 2.93 bits per heavy atom. The second-order valence-electron chi connectivity index (χ2n) is 2.96. The summed E-state index contributed by atoms with van der Waals surface area (Å²) < 4.78 is 1.35. The van der Waals surface area contributed by atoms with E-state index in [1.807, 2.05) is 0 Å². The van der Waals surface area contributed by atoms with Gasteiger partial charge >= 0.3 is 0 Å². The third kappa shape index (κ3) is 1.24. The standard InChI is InChI=1S/C9H8ClN3O/c1-5(14)13-8-3-2-6(10)4-7(8)12-9(13)11/h2-4H,1H3,(H2,11,12). The first-order chi connectivity index (χ1) is 6.59. The molecule has 0 amide bonds. The highest BCUT2D eigenvalue weighted by Gasteiger charge is 2.10. The normalized spacial score (nSPS) is 10.7. The quantitative estimate of drug-likeness (QED) is 0.721. The van der Waals surface area contributed by atoms with E-state index in [1.54, 1.807) is 18.2 Å². The molecule has 0 bridgehead atoms. The van der Waals surface area contributed by atoms with Crippen molar-refractivity contribution in [1.29, 1.82) is 0 Å². The summed E-state index contributed by atoms with van der Waals surface area (Å²) in [6.45, 7) is 1.44. The van der Waals surface area contributed by atoms with Gasteiger partial charge in [0, 0.05) is 11.9 Å². The lowest BCUT2D eigenvalue weighted by Crippen LogP contribution is -2.09. The van der Waals surface area contributed by atoms with Crippen molar-refractivity contribution in [2.45, 2.75) is 6.92 Å². The molecule has 2 aromatic rings. The fraction of sp³-hybridized carbons (Fsp3) is 0.111. The maximum atomic E-state index is 11.2. The van der Waals surface area contributed by atoms with Crippen molar-refractivity contribution < 1.29 is 4.79 Å². The van der Waals surface area contributed by atoms with Crippen LogP contribution in [-0.4, -0.2) is 15.5 Å². The highest BCUT2D eigenvalue weighted by Crippen LogP contribution is 2.21. The van der Waals surface area contributed by atoms with Crippen molar-refractivity contribution in [2.75, 3.05) is 5.73 Å². The summed E-state index contributed by atoms with van der Waals surface area (Å²) in [4.78, 5) is 15.3. The molecular formula is C9H8ClN3O. The van der Waals surface area contributed by atoms with Crippen LogP contribution in [0.1, 0.15) is 11.7 Å². The van der Waals surface area contributed by atoms with Gasteiger partial charge in [0.2, 0.25) is 11.9 Å². The lowest BCUT2D eigenvalue weighted by molar-refractivity contribution is 0.0943. The Balaban J connectivity index is 2.84. The van der Waals surface area contributed by atoms with Gasteiger partial charge in [-0.2, -0.15) is 0 Å². The average Bonchev–Trinajstić information content (AvgIpc) is 2.39. The van der Waals surface area contributed by atoms with Gasteiger partial charge in [-0.15, -0.1) is 0 Å². The van der Waals surface area contributed by atoms with Crippen LogP contribution in [0.5, 0.6) is 0 Å². The van der Waals surface area contributed by atoms with E-state index in [0.29, 0.717) is 16.1 Å². The maximum absolute atomic E-state index is 11.2. The topological polar surface area (TPSA) is 60.9 Å². The smallest absolute Gasteiger partial charge is 0.230 e. The van der Waals surface area contributed by atoms with Crippen molar-refractivity contribution in [3.8, 4) is 0 Å². The van der Waals surface area contributed by atoms with Crippen LogP contribution in [0, 0.1) is 0 Å². The molecule has 0 radical (unpaired) electrons. The van der Waals surface area contributed by atoms with E-state index in [9.17, 15) is 4.79 Å². The van der Waals surface area contributed by atoms with E-state index < -0.39 is 0 Å². The van der Waals surface area contributed by atoms with Gasteiger partial charge in [0.1, 0.15) is 0 Å². The maximum Gasteiger partial charge on any atom is 0.230 e. The third-order valence-corrected chi connectivity index (χ3v) is 2.19. The lowest BCUT2D eigenvalue weighted by Gasteiger charge is -1.98. The molecule has 0 atom stereocenters. The van der Waals surface area contributed by atoms with E-state index in [4.69, 9.17) is 17.3 Å². The first-order valence-electron chi connectivity index (χ1n) is 4.04. The van der Waals surface area contributed by atoms with Gasteiger partial charge in [0.25, 0.3) is 0 Å². The second kappa shape index (κ2) is 2.99. The molecule has 1 heterocycles. The zero-order valence-corrected chi connectivity index (χ0v) is 8.25. The monoisotopic (exact) mass is 209 g/mol. The summed E-state index contributed by atoms with van der Waals surface area (Å²) in [6, 6.07) is 5.10. The van der Waals surface area contributed by atoms with Crippen LogP contribution in [-0.2, 0) is 0 Å². The Labute approximate surface area is 85.3 Å². The number of hydrogen-bond donors (Lipinski definition) is 1. The molecule has 72 valence electrons. The molecule has 2 rings (SSSR count). The van der Waals surface area contributed by atoms with E-state index >= 15 is 0 Å². The largest absolute Gasteiger partial charge is 0.369 e. The minimum Gasteiger partial charge on any atom is -0.369 e. The van der Waals surface area contributed by atoms with E-state index in [1.165, 1.54) is 11.5 Å². The Hall–Kier alpha value is -1.55. The summed E-state index contributed by atoms with van der Waals surface area (Å²) in [7, 11) is 0. The number of nitrogen functional groups attached to an aromatic ring is 1. The SMILES string of the molecule is CC(=O)n1c(N)nc2cc(Cl)ccc21. The minimum absolute atomic E-state index is 0.160. The molecule has 5 heteroatoms. The number of hydrogen-bond acceptors (Lipinski definition) is 3. The summed E-state index contributed by atoms with van der Waals surface area (Å²) >= 11 is 5.78. The minimum atomic E-state index is -0.160. The molecule has 0 saturated heterocycles. The van der Waals surface area contributed by atoms with Crippen LogP contribution >= 0.6 is 11.6 Å². The van der Waals surface area contributed by atoms with E-state index in [0.717, 1.165) is 0 Å². The predicted octanol–water partition coefficient (Wildman–Crippen LogP) is 1.93. The molecule has 0 aliphatic rings. The number of nitrogens with two attached hydrogens (primary N) is 1. The van der Waals surface area contributed by atoms with E-state index in [-0.39, 0.29) is 11.9 Å². The lowest BCUT2D eigenvalue weighted by atomic mass is 10.3. The molecular weight excluding hydrogens is 202 g/mol. The Morgan fingerprint density at radius 2 is 2.29 bits per heavy atom. The van der Waals surface area contributed by atoms with Gasteiger partial charge in [-0.25, -0.2) is 9.55 Å². The van der Waals surface area contributed by atoms with Crippen molar-refractivity contribution >= 4 is 34.5 Å². The molecule has 1 aromatic heterocycles. The van der Waals surface area contributed by atoms with Gasteiger partial charge in [-0.1, -0.05) is 11.6 Å². The van der Waals surface area contributed by atoms with Gasteiger partial charge < -0.3 is 5.73 Å². The summed E-state index contributed by atoms with van der Waals surface area (Å²) in [5, 5.41) is 0.575. The number of aromatic nitrogens is 2. The van der Waals surface area contributed by atoms with Crippen molar-refractivity contribution in [3.63, 3.8) is 0 Å². The Morgan fingerprint density at radius 1 is 1.57 bits per heavy atom. The fourth-order valence-electron chi connectivity index (χ4n) is 1.40. The van der Waals surface area contributed by atoms with E-state index in [2.05, 4.69) is 4.98 Å². The molecule has 1 aromatic carbocycles. The number of nitrogens with zero attached hydrogens (tertiary/aromatic N) is 2. The molecule has 2 N–H and O–H groups in total. The summed E-state index contributed by atoms with van der Waals surface area (Å²) in [5.41, 5.74) is 6.90. The van der Waals surface area contributed by atoms with Gasteiger partial charge in [-0.05, 0) is 18.2 Å². The van der Waals surface area contributed by atoms with Crippen molar-refractivity contribution in [3.05, 3.63) is 23.2 Å². The highest BCUT2D eigenvalue weighted by molar-refractivity contribution is 6.31. The number of benzene rings is 1. The van der Waals surface area contributed by atoms with Crippen LogP contribution in [0.4, 0.5) is 5.95 Å². The number of carbonyl (C=O) groups is 1. The van der Waals surface area contributed by atoms with Gasteiger partial charge in [-0.3, -0.25) is 4.79 Å². The van der Waals surface area contributed by atoms with Crippen LogP contribution < -0.4 is 5.73 Å². The second-order valence-corrected chi connectivity index (χ2v) is 3.39. The van der Waals surface area contributed by atoms with Crippen LogP contribution in [0.25, 0.3) is 11.0 Å². The summed E-state index contributed by atoms with van der Waals surface area (Å²) in [6.07, 6.45) is 0. The third-order valence-electron chi connectivity index (χ3n) is 1.96. The first kappa shape index (κ1) is 9.02. The van der Waals surface area contributed by atoms with Crippen molar-refractivity contribution in [2.24, 2.45) is 0 Å². The predicted molar refractivity (Wildman–Crippen MR) is 55.5 cm³/mol. The molecule has 0 unspecified atom stereocenters. The molecule has 0 spiro atoms. The fourth-order valence-corrected chi connectivity index (χ4v) is 1.57. The van der Waals surface area contributed by atoms with Crippen LogP contribution in [0.3, 0.4) is 0 Å². The number of carbonyl (C=O) groups excluding carboxylic acids is 1. The number of fused-ring (bicyclic) bond motifs is 1. The molecule has 4 nitrogen and oxygen atoms in total. The Kier molecular flexibility index (Phi) is 1.93. The molecule has 0 saturated carbocycles. The Bertz CT molecular complexity index is 518. The molecule has 0 aliphatic carbocycles. The van der Waals surface area contributed by atoms with Crippen molar-refractivity contribution in [1.82, 2.24) is 9.55 Å². The van der Waals surface area contributed by atoms with Gasteiger partial charge in [0.05, 0.1) is 11.0 Å². The molecule has 14 heavy (non-hydrogen) atoms. The highest BCUT2D eigenvalue weighted by atomic mass is 35.5. The van der Waals surface area contributed by atoms with Gasteiger partial charge in [0.15, 0.2) is 0 Å². The summed E-state index contributed by atoms with van der Waals surface area (Å²) in [5.74, 6) is 0.0297. The number of halogens is 1. The number of rotatable bonds is 0. The zero-order chi connectivity index (χ0) is 10.3. The number of imidazole rings is 1. The van der Waals surface area contributed by atoms with Crippen LogP contribution in [0.2, 0.25) is 5.02 Å². The number of anilines is 1. The average molecular weight is 210 g/mol. The molecule has 0 aliphatic heterocycles. The first-order valence-corrected chi connectivity index (χ1v) is 4.42. The molecule has 0 fully saturated rings.